The Labute approximate surface area is 70.9 Å². The Kier molecular flexibility index (Phi) is 1.57. The number of aromatic nitrogens is 3. The van der Waals surface area contributed by atoms with E-state index in [1.807, 2.05) is 6.20 Å². The van der Waals surface area contributed by atoms with Crippen LogP contribution in [-0.2, 0) is 0 Å². The monoisotopic (exact) mass is 161 g/mol. The molecule has 0 aliphatic carbocycles. The van der Waals surface area contributed by atoms with Crippen molar-refractivity contribution in [3.05, 3.63) is 24.2 Å². The Bertz CT molecular complexity index is 389. The molecule has 0 fully saturated rings. The van der Waals surface area contributed by atoms with Crippen LogP contribution >= 0.6 is 0 Å². The summed E-state index contributed by atoms with van der Waals surface area (Å²) in [6.45, 7) is 4.30. The van der Waals surface area contributed by atoms with Crippen LogP contribution in [0.25, 0.3) is 11.2 Å². The third kappa shape index (κ3) is 1.07. The Hall–Kier alpha value is -1.38. The number of hydrogen-bond acceptors (Lipinski definition) is 2. The third-order valence-electron chi connectivity index (χ3n) is 1.96. The van der Waals surface area contributed by atoms with Crippen molar-refractivity contribution in [1.82, 2.24) is 15.0 Å². The van der Waals surface area contributed by atoms with Crippen LogP contribution in [0.2, 0.25) is 0 Å². The average Bonchev–Trinajstić information content (AvgIpc) is 2.49. The highest BCUT2D eigenvalue weighted by Gasteiger charge is 2.02. The minimum Gasteiger partial charge on any atom is -0.343 e. The summed E-state index contributed by atoms with van der Waals surface area (Å²) in [5.74, 6) is 0.519. The second kappa shape index (κ2) is 2.59. The van der Waals surface area contributed by atoms with E-state index in [0.29, 0.717) is 5.92 Å². The fraction of sp³-hybridized carbons (Fsp3) is 0.333. The number of nitrogens with zero attached hydrogens (tertiary/aromatic N) is 2. The molecule has 2 heterocycles. The SMILES string of the molecule is CC(C)c1cnc2nc[nH]c2c1. The van der Waals surface area contributed by atoms with Crippen LogP contribution in [0.4, 0.5) is 0 Å². The maximum atomic E-state index is 4.22. The Morgan fingerprint density at radius 3 is 2.92 bits per heavy atom. The standard InChI is InChI=1S/C9H11N3/c1-6(2)7-3-8-9(10-4-7)12-5-11-8/h3-6H,1-2H3,(H,10,11,12). The van der Waals surface area contributed by atoms with Crippen molar-refractivity contribution in [2.45, 2.75) is 19.8 Å². The van der Waals surface area contributed by atoms with Crippen LogP contribution in [0.5, 0.6) is 0 Å². The first-order valence-electron chi connectivity index (χ1n) is 4.06. The van der Waals surface area contributed by atoms with Gasteiger partial charge < -0.3 is 4.98 Å². The first-order valence-corrected chi connectivity index (χ1v) is 4.06. The Balaban J connectivity index is 2.60. The van der Waals surface area contributed by atoms with Crippen molar-refractivity contribution in [1.29, 1.82) is 0 Å². The zero-order valence-corrected chi connectivity index (χ0v) is 7.20. The van der Waals surface area contributed by atoms with Gasteiger partial charge in [0.1, 0.15) is 0 Å². The summed E-state index contributed by atoms with van der Waals surface area (Å²) in [6.07, 6.45) is 3.55. The highest BCUT2D eigenvalue weighted by atomic mass is 14.9. The summed E-state index contributed by atoms with van der Waals surface area (Å²) in [5.41, 5.74) is 3.05. The van der Waals surface area contributed by atoms with Crippen LogP contribution in [-0.4, -0.2) is 15.0 Å². The minimum atomic E-state index is 0.519. The zero-order valence-electron chi connectivity index (χ0n) is 7.20. The van der Waals surface area contributed by atoms with Crippen molar-refractivity contribution in [2.75, 3.05) is 0 Å². The second-order valence-electron chi connectivity index (χ2n) is 3.20. The molecule has 0 aliphatic rings. The Morgan fingerprint density at radius 2 is 2.17 bits per heavy atom. The molecule has 2 aromatic rings. The van der Waals surface area contributed by atoms with Gasteiger partial charge in [-0.05, 0) is 17.5 Å². The van der Waals surface area contributed by atoms with E-state index in [4.69, 9.17) is 0 Å². The van der Waals surface area contributed by atoms with Crippen molar-refractivity contribution < 1.29 is 0 Å². The fourth-order valence-electron chi connectivity index (χ4n) is 1.16. The van der Waals surface area contributed by atoms with Gasteiger partial charge in [-0.3, -0.25) is 0 Å². The lowest BCUT2D eigenvalue weighted by molar-refractivity contribution is 0.861. The van der Waals surface area contributed by atoms with Crippen molar-refractivity contribution in [2.24, 2.45) is 0 Å². The van der Waals surface area contributed by atoms with Crippen LogP contribution in [0.15, 0.2) is 18.6 Å². The molecule has 0 aliphatic heterocycles. The van der Waals surface area contributed by atoms with Crippen molar-refractivity contribution in [3.63, 3.8) is 0 Å². The molecule has 2 rings (SSSR count). The van der Waals surface area contributed by atoms with E-state index < -0.39 is 0 Å². The summed E-state index contributed by atoms with van der Waals surface area (Å²) < 4.78 is 0. The zero-order chi connectivity index (χ0) is 8.55. The van der Waals surface area contributed by atoms with Gasteiger partial charge in [-0.25, -0.2) is 9.97 Å². The quantitative estimate of drug-likeness (QED) is 0.695. The second-order valence-corrected chi connectivity index (χ2v) is 3.20. The van der Waals surface area contributed by atoms with Crippen LogP contribution in [0.1, 0.15) is 25.3 Å². The lowest BCUT2D eigenvalue weighted by atomic mass is 10.1. The lowest BCUT2D eigenvalue weighted by Gasteiger charge is -2.02. The van der Waals surface area contributed by atoms with E-state index in [-0.39, 0.29) is 0 Å². The number of aromatic amines is 1. The molecule has 62 valence electrons. The van der Waals surface area contributed by atoms with Gasteiger partial charge in [-0.2, -0.15) is 0 Å². The maximum absolute atomic E-state index is 4.22. The number of H-pyrrole nitrogens is 1. The number of imidazole rings is 1. The van der Waals surface area contributed by atoms with Crippen molar-refractivity contribution in [3.8, 4) is 0 Å². The molecular formula is C9H11N3. The van der Waals surface area contributed by atoms with Gasteiger partial charge in [0.05, 0.1) is 11.8 Å². The van der Waals surface area contributed by atoms with Gasteiger partial charge in [-0.1, -0.05) is 13.8 Å². The summed E-state index contributed by atoms with van der Waals surface area (Å²) in [4.78, 5) is 11.3. The van der Waals surface area contributed by atoms with E-state index >= 15 is 0 Å². The molecule has 0 radical (unpaired) electrons. The molecule has 0 amide bonds. The largest absolute Gasteiger partial charge is 0.343 e. The van der Waals surface area contributed by atoms with E-state index in [9.17, 15) is 0 Å². The first-order chi connectivity index (χ1) is 5.77. The van der Waals surface area contributed by atoms with Crippen molar-refractivity contribution >= 4 is 11.2 Å². The van der Waals surface area contributed by atoms with Crippen LogP contribution < -0.4 is 0 Å². The maximum Gasteiger partial charge on any atom is 0.177 e. The molecule has 3 heteroatoms. The summed E-state index contributed by atoms with van der Waals surface area (Å²) >= 11 is 0. The lowest BCUT2D eigenvalue weighted by Crippen LogP contribution is -1.88. The smallest absolute Gasteiger partial charge is 0.177 e. The molecule has 0 unspecified atom stereocenters. The van der Waals surface area contributed by atoms with Gasteiger partial charge in [0.2, 0.25) is 0 Å². The number of pyridine rings is 1. The molecule has 0 saturated carbocycles. The molecule has 2 aromatic heterocycles. The number of nitrogens with one attached hydrogen (secondary N) is 1. The van der Waals surface area contributed by atoms with Gasteiger partial charge in [0.25, 0.3) is 0 Å². The fourth-order valence-corrected chi connectivity index (χ4v) is 1.16. The number of fused-ring (bicyclic) bond motifs is 1. The first kappa shape index (κ1) is 7.28. The van der Waals surface area contributed by atoms with Crippen LogP contribution in [0.3, 0.4) is 0 Å². The topological polar surface area (TPSA) is 41.6 Å². The average molecular weight is 161 g/mol. The Morgan fingerprint density at radius 1 is 1.33 bits per heavy atom. The molecule has 0 atom stereocenters. The van der Waals surface area contributed by atoms with Crippen LogP contribution in [0, 0.1) is 0 Å². The third-order valence-corrected chi connectivity index (χ3v) is 1.96. The number of rotatable bonds is 1. The van der Waals surface area contributed by atoms with Gasteiger partial charge in [0, 0.05) is 6.20 Å². The molecule has 0 bridgehead atoms. The minimum absolute atomic E-state index is 0.519. The molecule has 12 heavy (non-hydrogen) atoms. The number of hydrogen-bond donors (Lipinski definition) is 1. The molecule has 3 nitrogen and oxygen atoms in total. The highest BCUT2D eigenvalue weighted by molar-refractivity contribution is 5.70. The molecular weight excluding hydrogens is 150 g/mol. The highest BCUT2D eigenvalue weighted by Crippen LogP contribution is 2.16. The van der Waals surface area contributed by atoms with Gasteiger partial charge in [0.15, 0.2) is 5.65 Å². The summed E-state index contributed by atoms with van der Waals surface area (Å²) in [5, 5.41) is 0. The molecule has 0 spiro atoms. The van der Waals surface area contributed by atoms with Gasteiger partial charge >= 0.3 is 0 Å². The predicted octanol–water partition coefficient (Wildman–Crippen LogP) is 2.08. The van der Waals surface area contributed by atoms with E-state index in [1.165, 1.54) is 5.56 Å². The predicted molar refractivity (Wildman–Crippen MR) is 48.0 cm³/mol. The molecule has 1 N–H and O–H groups in total. The summed E-state index contributed by atoms with van der Waals surface area (Å²) in [6, 6.07) is 2.10. The van der Waals surface area contributed by atoms with Gasteiger partial charge in [-0.15, -0.1) is 0 Å². The normalized spacial score (nSPS) is 11.2. The molecule has 0 saturated heterocycles. The van der Waals surface area contributed by atoms with E-state index in [0.717, 1.165) is 11.2 Å². The molecule has 0 aromatic carbocycles. The van der Waals surface area contributed by atoms with E-state index in [2.05, 4.69) is 34.9 Å². The van der Waals surface area contributed by atoms with E-state index in [1.54, 1.807) is 6.33 Å². The summed E-state index contributed by atoms with van der Waals surface area (Å²) in [7, 11) is 0.